The minimum Gasteiger partial charge on any atom is -0.466 e. The molecule has 0 aromatic carbocycles. The topological polar surface area (TPSA) is 35.5 Å². The van der Waals surface area contributed by atoms with Crippen LogP contribution in [-0.4, -0.2) is 25.4 Å². The molecule has 0 aliphatic carbocycles. The number of carbonyl (C=O) groups is 1. The standard InChI is InChI=1S/C11H20F3O3P/c12-11(13,14)7-4-2-1-3-5-8-16-10(15)6-9-17-18/h1-9,18H2. The van der Waals surface area contributed by atoms with Gasteiger partial charge in [0.2, 0.25) is 0 Å². The summed E-state index contributed by atoms with van der Waals surface area (Å²) in [5.74, 6) is -0.311. The maximum absolute atomic E-state index is 11.8. The summed E-state index contributed by atoms with van der Waals surface area (Å²) in [6.07, 6.45) is -1.59. The smallest absolute Gasteiger partial charge is 0.389 e. The van der Waals surface area contributed by atoms with E-state index in [9.17, 15) is 18.0 Å². The summed E-state index contributed by atoms with van der Waals surface area (Å²) in [6, 6.07) is 0. The average molecular weight is 288 g/mol. The van der Waals surface area contributed by atoms with Crippen LogP contribution in [0, 0.1) is 0 Å². The Balaban J connectivity index is 3.19. The van der Waals surface area contributed by atoms with E-state index >= 15 is 0 Å². The van der Waals surface area contributed by atoms with Crippen molar-refractivity contribution >= 4 is 15.4 Å². The normalized spacial score (nSPS) is 11.6. The average Bonchev–Trinajstić information content (AvgIpc) is 2.28. The van der Waals surface area contributed by atoms with Crippen LogP contribution in [0.1, 0.15) is 44.9 Å². The lowest BCUT2D eigenvalue weighted by Gasteiger charge is -2.06. The lowest BCUT2D eigenvalue weighted by molar-refractivity contribution is -0.144. The Bertz CT molecular complexity index is 222. The third-order valence-electron chi connectivity index (χ3n) is 2.29. The van der Waals surface area contributed by atoms with Crippen LogP contribution < -0.4 is 0 Å². The summed E-state index contributed by atoms with van der Waals surface area (Å²) in [5.41, 5.74) is 0. The van der Waals surface area contributed by atoms with Crippen molar-refractivity contribution in [2.75, 3.05) is 13.2 Å². The van der Waals surface area contributed by atoms with Gasteiger partial charge in [0, 0.05) is 15.9 Å². The zero-order valence-electron chi connectivity index (χ0n) is 10.3. The van der Waals surface area contributed by atoms with Gasteiger partial charge in [0.15, 0.2) is 0 Å². The Morgan fingerprint density at radius 3 is 2.22 bits per heavy atom. The molecule has 0 aromatic rings. The van der Waals surface area contributed by atoms with Gasteiger partial charge in [0.1, 0.15) is 0 Å². The number of unbranched alkanes of at least 4 members (excludes halogenated alkanes) is 4. The largest absolute Gasteiger partial charge is 0.466 e. The molecular formula is C11H20F3O3P. The fourth-order valence-corrected chi connectivity index (χ4v) is 1.48. The molecule has 0 radical (unpaired) electrons. The Kier molecular flexibility index (Phi) is 10.4. The summed E-state index contributed by atoms with van der Waals surface area (Å²) in [7, 11) is 2.05. The molecule has 7 heteroatoms. The molecule has 0 fully saturated rings. The number of carbonyl (C=O) groups excluding carboxylic acids is 1. The predicted molar refractivity (Wildman–Crippen MR) is 65.0 cm³/mol. The molecule has 0 amide bonds. The number of rotatable bonds is 10. The van der Waals surface area contributed by atoms with Crippen molar-refractivity contribution in [3.05, 3.63) is 0 Å². The van der Waals surface area contributed by atoms with Crippen LogP contribution in [0.5, 0.6) is 0 Å². The number of alkyl halides is 3. The fourth-order valence-electron chi connectivity index (χ4n) is 1.36. The van der Waals surface area contributed by atoms with Crippen molar-refractivity contribution in [1.29, 1.82) is 0 Å². The maximum Gasteiger partial charge on any atom is 0.389 e. The zero-order chi connectivity index (χ0) is 13.9. The van der Waals surface area contributed by atoms with Gasteiger partial charge in [0.05, 0.1) is 19.6 Å². The van der Waals surface area contributed by atoms with Gasteiger partial charge in [-0.15, -0.1) is 0 Å². The second-order valence-electron chi connectivity index (χ2n) is 3.97. The Morgan fingerprint density at radius 2 is 1.61 bits per heavy atom. The first-order valence-corrected chi connectivity index (χ1v) is 6.47. The highest BCUT2D eigenvalue weighted by atomic mass is 31.0. The van der Waals surface area contributed by atoms with Crippen molar-refractivity contribution in [1.82, 2.24) is 0 Å². The molecule has 0 saturated heterocycles. The van der Waals surface area contributed by atoms with Crippen LogP contribution in [0.15, 0.2) is 0 Å². The SMILES string of the molecule is O=C(CCOP)OCCCCCCCC(F)(F)F. The molecular weight excluding hydrogens is 268 g/mol. The van der Waals surface area contributed by atoms with E-state index in [0.717, 1.165) is 12.8 Å². The maximum atomic E-state index is 11.8. The Hall–Kier alpha value is -0.350. The van der Waals surface area contributed by atoms with Gasteiger partial charge >= 0.3 is 12.1 Å². The molecule has 0 N–H and O–H groups in total. The van der Waals surface area contributed by atoms with E-state index in [0.29, 0.717) is 26.1 Å². The molecule has 0 aromatic heterocycles. The number of halogens is 3. The first-order valence-electron chi connectivity index (χ1n) is 6.00. The van der Waals surface area contributed by atoms with Crippen molar-refractivity contribution in [2.45, 2.75) is 51.1 Å². The van der Waals surface area contributed by atoms with Crippen LogP contribution in [0.3, 0.4) is 0 Å². The molecule has 1 unspecified atom stereocenters. The Labute approximate surface area is 108 Å². The van der Waals surface area contributed by atoms with Gasteiger partial charge in [0.25, 0.3) is 0 Å². The van der Waals surface area contributed by atoms with Crippen molar-refractivity contribution < 1.29 is 27.2 Å². The number of hydrogen-bond donors (Lipinski definition) is 0. The minimum atomic E-state index is -4.05. The summed E-state index contributed by atoms with van der Waals surface area (Å²) in [4.78, 5) is 11.0. The first kappa shape index (κ1) is 17.6. The summed E-state index contributed by atoms with van der Waals surface area (Å²) >= 11 is 0. The highest BCUT2D eigenvalue weighted by Crippen LogP contribution is 2.22. The Morgan fingerprint density at radius 1 is 1.00 bits per heavy atom. The van der Waals surface area contributed by atoms with Gasteiger partial charge in [-0.2, -0.15) is 13.2 Å². The minimum absolute atomic E-state index is 0.175. The molecule has 0 bridgehead atoms. The highest BCUT2D eigenvalue weighted by Gasteiger charge is 2.25. The van der Waals surface area contributed by atoms with Crippen LogP contribution in [0.2, 0.25) is 0 Å². The van der Waals surface area contributed by atoms with E-state index in [1.165, 1.54) is 0 Å². The fraction of sp³-hybridized carbons (Fsp3) is 0.909. The van der Waals surface area contributed by atoms with Crippen LogP contribution in [-0.2, 0) is 14.1 Å². The van der Waals surface area contributed by atoms with Crippen molar-refractivity contribution in [3.63, 3.8) is 0 Å². The molecule has 0 rings (SSSR count). The lowest BCUT2D eigenvalue weighted by Crippen LogP contribution is -2.08. The summed E-state index contributed by atoms with van der Waals surface area (Å²) in [5, 5.41) is 0. The molecule has 0 aliphatic heterocycles. The van der Waals surface area contributed by atoms with Gasteiger partial charge in [-0.25, -0.2) is 0 Å². The molecule has 0 saturated carbocycles. The first-order chi connectivity index (χ1) is 8.45. The van der Waals surface area contributed by atoms with Gasteiger partial charge in [-0.1, -0.05) is 19.3 Å². The van der Waals surface area contributed by atoms with Gasteiger partial charge in [-0.3, -0.25) is 4.79 Å². The van der Waals surface area contributed by atoms with Gasteiger partial charge in [-0.05, 0) is 12.8 Å². The molecule has 0 aliphatic rings. The second kappa shape index (κ2) is 10.6. The number of esters is 1. The van der Waals surface area contributed by atoms with E-state index < -0.39 is 12.6 Å². The van der Waals surface area contributed by atoms with E-state index in [4.69, 9.17) is 4.74 Å². The molecule has 0 spiro atoms. The molecule has 1 atom stereocenters. The monoisotopic (exact) mass is 288 g/mol. The molecule has 18 heavy (non-hydrogen) atoms. The molecule has 108 valence electrons. The van der Waals surface area contributed by atoms with Crippen molar-refractivity contribution in [2.24, 2.45) is 0 Å². The highest BCUT2D eigenvalue weighted by molar-refractivity contribution is 7.09. The van der Waals surface area contributed by atoms with E-state index in [-0.39, 0.29) is 18.8 Å². The quantitative estimate of drug-likeness (QED) is 0.350. The van der Waals surface area contributed by atoms with Crippen LogP contribution in [0.4, 0.5) is 13.2 Å². The van der Waals surface area contributed by atoms with E-state index in [1.807, 2.05) is 9.47 Å². The third kappa shape index (κ3) is 13.7. The lowest BCUT2D eigenvalue weighted by atomic mass is 10.1. The van der Waals surface area contributed by atoms with Crippen LogP contribution >= 0.6 is 9.47 Å². The van der Waals surface area contributed by atoms with Gasteiger partial charge < -0.3 is 9.26 Å². The van der Waals surface area contributed by atoms with E-state index in [1.54, 1.807) is 0 Å². The second-order valence-corrected chi connectivity index (χ2v) is 4.31. The summed E-state index contributed by atoms with van der Waals surface area (Å²) < 4.78 is 45.0. The third-order valence-corrected chi connectivity index (χ3v) is 2.53. The van der Waals surface area contributed by atoms with Crippen molar-refractivity contribution in [3.8, 4) is 0 Å². The molecule has 0 heterocycles. The number of hydrogen-bond acceptors (Lipinski definition) is 3. The van der Waals surface area contributed by atoms with Crippen LogP contribution in [0.25, 0.3) is 0 Å². The predicted octanol–water partition coefficient (Wildman–Crippen LogP) is 3.63. The number of ether oxygens (including phenoxy) is 1. The summed E-state index contributed by atoms with van der Waals surface area (Å²) in [6.45, 7) is 0.635. The van der Waals surface area contributed by atoms with E-state index in [2.05, 4.69) is 4.52 Å². The zero-order valence-corrected chi connectivity index (χ0v) is 11.5. The molecule has 3 nitrogen and oxygen atoms in total.